The van der Waals surface area contributed by atoms with Gasteiger partial charge >= 0.3 is 5.91 Å². The number of aliphatic hydroxyl groups is 1. The first-order chi connectivity index (χ1) is 17.3. The van der Waals surface area contributed by atoms with Crippen molar-refractivity contribution >= 4 is 44.1 Å². The normalized spacial score (nSPS) is 17.1. The number of carbonyl (C=O) groups excluding carboxylic acids is 2. The molecule has 0 radical (unpaired) electrons. The van der Waals surface area contributed by atoms with E-state index in [0.29, 0.717) is 16.8 Å². The van der Waals surface area contributed by atoms with Crippen LogP contribution >= 0.6 is 11.3 Å². The van der Waals surface area contributed by atoms with Crippen LogP contribution < -0.4 is 14.4 Å². The van der Waals surface area contributed by atoms with Crippen molar-refractivity contribution in [3.63, 3.8) is 0 Å². The fourth-order valence-corrected chi connectivity index (χ4v) is 5.16. The average Bonchev–Trinajstić information content (AvgIpc) is 3.41. The van der Waals surface area contributed by atoms with Gasteiger partial charge in [-0.1, -0.05) is 23.5 Å². The fraction of sp³-hybridized carbons (Fsp3) is 0.115. The standard InChI is InChI=1S/C26H19FN2O6S/c1-34-16-8-9-18-20(12-16)36-26(28-18)29-22(13-3-6-15(30)7-4-13)21(24(32)25(29)33)23(31)17-11-14(27)5-10-19(17)35-2/h3-12,22,30-31H,1-2H3/b23-21+. The van der Waals surface area contributed by atoms with E-state index in [1.54, 1.807) is 18.2 Å². The molecule has 1 amide bonds. The maximum atomic E-state index is 14.1. The summed E-state index contributed by atoms with van der Waals surface area (Å²) >= 11 is 1.17. The minimum absolute atomic E-state index is 0.0189. The zero-order valence-corrected chi connectivity index (χ0v) is 19.9. The summed E-state index contributed by atoms with van der Waals surface area (Å²) in [7, 11) is 2.88. The molecule has 3 aromatic carbocycles. The molecule has 1 saturated heterocycles. The van der Waals surface area contributed by atoms with Crippen molar-refractivity contribution in [3.05, 3.63) is 83.2 Å². The summed E-state index contributed by atoms with van der Waals surface area (Å²) in [5.41, 5.74) is 0.689. The minimum atomic E-state index is -1.10. The Bertz CT molecular complexity index is 1550. The number of amides is 1. The Morgan fingerprint density at radius 3 is 2.47 bits per heavy atom. The van der Waals surface area contributed by atoms with Crippen LogP contribution in [-0.2, 0) is 9.59 Å². The Morgan fingerprint density at radius 1 is 1.03 bits per heavy atom. The summed E-state index contributed by atoms with van der Waals surface area (Å²) in [6.07, 6.45) is 0. The number of Topliss-reactive ketones (excluding diaryl/α,β-unsaturated/α-hetero) is 1. The van der Waals surface area contributed by atoms with Crippen molar-refractivity contribution in [3.8, 4) is 17.2 Å². The molecule has 2 N–H and O–H groups in total. The van der Waals surface area contributed by atoms with Crippen LogP contribution in [0, 0.1) is 5.82 Å². The number of methoxy groups -OCH3 is 2. The molecule has 1 aromatic heterocycles. The molecule has 0 bridgehead atoms. The number of ether oxygens (including phenoxy) is 2. The third kappa shape index (κ3) is 3.81. The van der Waals surface area contributed by atoms with Crippen LogP contribution in [0.2, 0.25) is 0 Å². The number of carbonyl (C=O) groups is 2. The number of aliphatic hydroxyl groups excluding tert-OH is 1. The van der Waals surface area contributed by atoms with E-state index < -0.39 is 29.3 Å². The molecule has 1 aliphatic heterocycles. The molecule has 2 heterocycles. The number of hydrogen-bond donors (Lipinski definition) is 2. The van der Waals surface area contributed by atoms with Gasteiger partial charge in [-0.05, 0) is 54.1 Å². The number of benzene rings is 3. The van der Waals surface area contributed by atoms with E-state index in [9.17, 15) is 24.2 Å². The van der Waals surface area contributed by atoms with Gasteiger partial charge in [-0.25, -0.2) is 9.37 Å². The molecule has 0 spiro atoms. The van der Waals surface area contributed by atoms with Crippen LogP contribution in [0.15, 0.2) is 66.2 Å². The quantitative estimate of drug-likeness (QED) is 0.228. The van der Waals surface area contributed by atoms with Crippen LogP contribution in [0.5, 0.6) is 17.2 Å². The number of anilines is 1. The number of phenolic OH excluding ortho intramolecular Hbond substituents is 1. The molecule has 5 rings (SSSR count). The number of thiazole rings is 1. The number of fused-ring (bicyclic) bond motifs is 1. The van der Waals surface area contributed by atoms with Crippen LogP contribution in [0.25, 0.3) is 16.0 Å². The highest BCUT2D eigenvalue weighted by Crippen LogP contribution is 2.45. The zero-order valence-electron chi connectivity index (χ0n) is 19.1. The summed E-state index contributed by atoms with van der Waals surface area (Å²) in [6, 6.07) is 13.5. The van der Waals surface area contributed by atoms with Crippen molar-refractivity contribution in [2.75, 3.05) is 19.1 Å². The maximum absolute atomic E-state index is 14.1. The highest BCUT2D eigenvalue weighted by atomic mass is 32.1. The van der Waals surface area contributed by atoms with E-state index in [1.807, 2.05) is 0 Å². The zero-order chi connectivity index (χ0) is 25.6. The van der Waals surface area contributed by atoms with E-state index in [4.69, 9.17) is 9.47 Å². The molecular formula is C26H19FN2O6S. The lowest BCUT2D eigenvalue weighted by Gasteiger charge is -2.23. The highest BCUT2D eigenvalue weighted by molar-refractivity contribution is 7.22. The molecular weight excluding hydrogens is 487 g/mol. The topological polar surface area (TPSA) is 109 Å². The first-order valence-corrected chi connectivity index (χ1v) is 11.5. The van der Waals surface area contributed by atoms with E-state index >= 15 is 0 Å². The van der Waals surface area contributed by atoms with Gasteiger partial charge in [0.25, 0.3) is 5.78 Å². The van der Waals surface area contributed by atoms with Gasteiger partial charge in [0.05, 0.1) is 41.6 Å². The monoisotopic (exact) mass is 506 g/mol. The largest absolute Gasteiger partial charge is 0.508 e. The Hall–Kier alpha value is -4.44. The molecule has 1 aliphatic rings. The molecule has 0 saturated carbocycles. The Labute approximate surface area is 208 Å². The number of aromatic nitrogens is 1. The number of rotatable bonds is 5. The number of ketones is 1. The smallest absolute Gasteiger partial charge is 0.301 e. The number of hydrogen-bond acceptors (Lipinski definition) is 8. The maximum Gasteiger partial charge on any atom is 0.301 e. The summed E-state index contributed by atoms with van der Waals surface area (Å²) in [5.74, 6) is -2.41. The summed E-state index contributed by atoms with van der Waals surface area (Å²) in [5, 5.41) is 21.3. The Kier molecular flexibility index (Phi) is 5.81. The van der Waals surface area contributed by atoms with E-state index in [1.165, 1.54) is 60.8 Å². The van der Waals surface area contributed by atoms with Crippen molar-refractivity contribution in [1.29, 1.82) is 0 Å². The number of halogens is 1. The predicted octanol–water partition coefficient (Wildman–Crippen LogP) is 4.78. The van der Waals surface area contributed by atoms with Crippen LogP contribution in [0.4, 0.5) is 9.52 Å². The van der Waals surface area contributed by atoms with Crippen LogP contribution in [-0.4, -0.2) is 41.1 Å². The lowest BCUT2D eigenvalue weighted by Crippen LogP contribution is -2.29. The Morgan fingerprint density at radius 2 is 1.78 bits per heavy atom. The van der Waals surface area contributed by atoms with Crippen molar-refractivity contribution in [1.82, 2.24) is 4.98 Å². The van der Waals surface area contributed by atoms with Crippen LogP contribution in [0.3, 0.4) is 0 Å². The molecule has 182 valence electrons. The average molecular weight is 507 g/mol. The molecule has 1 unspecified atom stereocenters. The summed E-state index contributed by atoms with van der Waals surface area (Å²) < 4.78 is 25.3. The third-order valence-corrected chi connectivity index (χ3v) is 6.88. The Balaban J connectivity index is 1.74. The SMILES string of the molecule is COc1ccc2nc(N3C(=O)C(=O)/C(=C(/O)c4cc(F)ccc4OC)C3c3ccc(O)cc3)sc2c1. The van der Waals surface area contributed by atoms with Gasteiger partial charge in [-0.3, -0.25) is 14.5 Å². The fourth-order valence-electron chi connectivity index (χ4n) is 4.13. The molecule has 8 nitrogen and oxygen atoms in total. The van der Waals surface area contributed by atoms with Crippen molar-refractivity contribution in [2.45, 2.75) is 6.04 Å². The van der Waals surface area contributed by atoms with Gasteiger partial charge in [0.15, 0.2) is 5.13 Å². The second-order valence-corrected chi connectivity index (χ2v) is 8.94. The molecule has 4 aromatic rings. The summed E-state index contributed by atoms with van der Waals surface area (Å²) in [6.45, 7) is 0. The first-order valence-electron chi connectivity index (χ1n) is 10.7. The summed E-state index contributed by atoms with van der Waals surface area (Å²) in [4.78, 5) is 32.4. The second kappa shape index (κ2) is 8.97. The predicted molar refractivity (Wildman–Crippen MR) is 132 cm³/mol. The molecule has 10 heteroatoms. The van der Waals surface area contributed by atoms with Gasteiger partial charge in [-0.15, -0.1) is 0 Å². The lowest BCUT2D eigenvalue weighted by molar-refractivity contribution is -0.132. The molecule has 36 heavy (non-hydrogen) atoms. The van der Waals surface area contributed by atoms with Gasteiger partial charge in [0.2, 0.25) is 0 Å². The third-order valence-electron chi connectivity index (χ3n) is 5.86. The van der Waals surface area contributed by atoms with Crippen molar-refractivity contribution in [2.24, 2.45) is 0 Å². The number of nitrogens with zero attached hydrogens (tertiary/aromatic N) is 2. The van der Waals surface area contributed by atoms with Crippen molar-refractivity contribution < 1.29 is 33.7 Å². The van der Waals surface area contributed by atoms with E-state index in [-0.39, 0.29) is 27.8 Å². The van der Waals surface area contributed by atoms with Gasteiger partial charge in [0.1, 0.15) is 28.8 Å². The molecule has 1 fully saturated rings. The second-order valence-electron chi connectivity index (χ2n) is 7.94. The lowest BCUT2D eigenvalue weighted by atomic mass is 9.95. The molecule has 1 atom stereocenters. The number of phenols is 1. The minimum Gasteiger partial charge on any atom is -0.508 e. The van der Waals surface area contributed by atoms with Gasteiger partial charge < -0.3 is 19.7 Å². The molecule has 0 aliphatic carbocycles. The van der Waals surface area contributed by atoms with E-state index in [2.05, 4.69) is 4.98 Å². The van der Waals surface area contributed by atoms with Crippen LogP contribution in [0.1, 0.15) is 17.2 Å². The van der Waals surface area contributed by atoms with Gasteiger partial charge in [0, 0.05) is 0 Å². The first kappa shape index (κ1) is 23.3. The van der Waals surface area contributed by atoms with E-state index in [0.717, 1.165) is 16.8 Å². The number of aromatic hydroxyl groups is 1. The highest BCUT2D eigenvalue weighted by Gasteiger charge is 2.48. The van der Waals surface area contributed by atoms with Gasteiger partial charge in [-0.2, -0.15) is 0 Å².